The summed E-state index contributed by atoms with van der Waals surface area (Å²) in [5.74, 6) is 0.256. The van der Waals surface area contributed by atoms with Crippen LogP contribution < -0.4 is 0 Å². The van der Waals surface area contributed by atoms with Gasteiger partial charge in [0.15, 0.2) is 0 Å². The second kappa shape index (κ2) is 7.09. The molecule has 2 unspecified atom stereocenters. The summed E-state index contributed by atoms with van der Waals surface area (Å²) < 4.78 is 0. The van der Waals surface area contributed by atoms with Crippen molar-refractivity contribution in [1.82, 2.24) is 4.90 Å². The number of hydrogen-bond acceptors (Lipinski definition) is 2. The van der Waals surface area contributed by atoms with Crippen molar-refractivity contribution in [3.05, 3.63) is 33.8 Å². The highest BCUT2D eigenvalue weighted by Crippen LogP contribution is 2.44. The highest BCUT2D eigenvalue weighted by molar-refractivity contribution is 6.35. The second-order valence-electron chi connectivity index (χ2n) is 6.85. The van der Waals surface area contributed by atoms with E-state index in [1.807, 2.05) is 12.1 Å². The Balaban J connectivity index is 1.89. The fourth-order valence-corrected chi connectivity index (χ4v) is 4.69. The van der Waals surface area contributed by atoms with Gasteiger partial charge in [-0.05, 0) is 50.9 Å². The second-order valence-corrected chi connectivity index (χ2v) is 7.70. The lowest BCUT2D eigenvalue weighted by Crippen LogP contribution is -2.41. The molecule has 0 aromatic heterocycles. The predicted molar refractivity (Wildman–Crippen MR) is 92.6 cm³/mol. The third-order valence-electron chi connectivity index (χ3n) is 5.36. The van der Waals surface area contributed by atoms with E-state index in [2.05, 4.69) is 4.90 Å². The maximum atomic E-state index is 11.6. The molecule has 2 nitrogen and oxygen atoms in total. The van der Waals surface area contributed by atoms with Gasteiger partial charge in [-0.25, -0.2) is 0 Å². The van der Waals surface area contributed by atoms with Crippen LogP contribution in [0.25, 0.3) is 0 Å². The Hall–Kier alpha value is -0.280. The van der Waals surface area contributed by atoms with E-state index in [1.54, 1.807) is 6.07 Å². The zero-order chi connectivity index (χ0) is 15.6. The lowest BCUT2D eigenvalue weighted by atomic mass is 9.77. The zero-order valence-corrected chi connectivity index (χ0v) is 14.5. The van der Waals surface area contributed by atoms with Crippen molar-refractivity contribution in [2.24, 2.45) is 5.92 Å². The van der Waals surface area contributed by atoms with Gasteiger partial charge in [0.1, 0.15) is 0 Å². The summed E-state index contributed by atoms with van der Waals surface area (Å²) >= 11 is 12.5. The van der Waals surface area contributed by atoms with E-state index in [1.165, 1.54) is 38.8 Å². The van der Waals surface area contributed by atoms with E-state index in [4.69, 9.17) is 23.2 Å². The summed E-state index contributed by atoms with van der Waals surface area (Å²) in [5, 5.41) is 12.8. The van der Waals surface area contributed by atoms with Crippen molar-refractivity contribution < 1.29 is 5.11 Å². The van der Waals surface area contributed by atoms with Gasteiger partial charge in [-0.15, -0.1) is 0 Å². The first kappa shape index (κ1) is 16.6. The highest BCUT2D eigenvalue weighted by atomic mass is 35.5. The van der Waals surface area contributed by atoms with E-state index in [0.29, 0.717) is 10.0 Å². The fraction of sp³-hybridized carbons (Fsp3) is 0.667. The van der Waals surface area contributed by atoms with Gasteiger partial charge in [-0.1, -0.05) is 48.5 Å². The SMILES string of the molecule is OC1(c2ccc(Cl)cc2Cl)CCCCCC1CN1CCCC1. The smallest absolute Gasteiger partial charge is 0.0951 e. The highest BCUT2D eigenvalue weighted by Gasteiger charge is 2.41. The summed E-state index contributed by atoms with van der Waals surface area (Å²) in [6, 6.07) is 5.53. The third kappa shape index (κ3) is 3.46. The molecule has 1 heterocycles. The number of benzene rings is 1. The van der Waals surface area contributed by atoms with Crippen LogP contribution in [-0.2, 0) is 5.60 Å². The van der Waals surface area contributed by atoms with Gasteiger partial charge < -0.3 is 10.0 Å². The van der Waals surface area contributed by atoms with Gasteiger partial charge in [0.2, 0.25) is 0 Å². The monoisotopic (exact) mass is 341 g/mol. The molecule has 0 amide bonds. The van der Waals surface area contributed by atoms with Gasteiger partial charge in [0, 0.05) is 28.1 Å². The van der Waals surface area contributed by atoms with Crippen molar-refractivity contribution in [3.63, 3.8) is 0 Å². The first-order valence-electron chi connectivity index (χ1n) is 8.50. The normalized spacial score (nSPS) is 30.4. The van der Waals surface area contributed by atoms with Crippen LogP contribution in [0.15, 0.2) is 18.2 Å². The Kier molecular flexibility index (Phi) is 5.34. The molecule has 122 valence electrons. The first-order valence-corrected chi connectivity index (χ1v) is 9.25. The lowest BCUT2D eigenvalue weighted by Gasteiger charge is -2.38. The van der Waals surface area contributed by atoms with Crippen LogP contribution in [0, 0.1) is 5.92 Å². The number of rotatable bonds is 3. The van der Waals surface area contributed by atoms with E-state index >= 15 is 0 Å². The van der Waals surface area contributed by atoms with Crippen LogP contribution in [0.3, 0.4) is 0 Å². The number of nitrogens with zero attached hydrogens (tertiary/aromatic N) is 1. The molecule has 3 rings (SSSR count). The molecular formula is C18H25Cl2NO. The summed E-state index contributed by atoms with van der Waals surface area (Å²) in [6.45, 7) is 3.32. The molecule has 22 heavy (non-hydrogen) atoms. The fourth-order valence-electron chi connectivity index (χ4n) is 4.12. The van der Waals surface area contributed by atoms with Crippen LogP contribution in [0.1, 0.15) is 50.5 Å². The largest absolute Gasteiger partial charge is 0.385 e. The summed E-state index contributed by atoms with van der Waals surface area (Å²) in [7, 11) is 0. The molecule has 1 aliphatic heterocycles. The first-order chi connectivity index (χ1) is 10.6. The summed E-state index contributed by atoms with van der Waals surface area (Å²) in [4.78, 5) is 2.50. The average Bonchev–Trinajstić information content (AvgIpc) is 2.91. The van der Waals surface area contributed by atoms with E-state index in [9.17, 15) is 5.11 Å². The van der Waals surface area contributed by atoms with Gasteiger partial charge in [-0.3, -0.25) is 0 Å². The summed E-state index contributed by atoms with van der Waals surface area (Å²) in [6.07, 6.45) is 7.90. The minimum absolute atomic E-state index is 0.256. The molecule has 1 saturated carbocycles. The Morgan fingerprint density at radius 1 is 1.09 bits per heavy atom. The molecule has 1 saturated heterocycles. The van der Waals surface area contributed by atoms with E-state index in [0.717, 1.165) is 31.4 Å². The quantitative estimate of drug-likeness (QED) is 0.793. The molecule has 0 spiro atoms. The van der Waals surface area contributed by atoms with Crippen molar-refractivity contribution in [2.75, 3.05) is 19.6 Å². The van der Waals surface area contributed by atoms with Gasteiger partial charge in [0.05, 0.1) is 5.60 Å². The van der Waals surface area contributed by atoms with Gasteiger partial charge >= 0.3 is 0 Å². The number of aliphatic hydroxyl groups is 1. The minimum Gasteiger partial charge on any atom is -0.385 e. The van der Waals surface area contributed by atoms with Gasteiger partial charge in [-0.2, -0.15) is 0 Å². The van der Waals surface area contributed by atoms with Crippen LogP contribution in [0.4, 0.5) is 0 Å². The Bertz CT molecular complexity index is 516. The maximum Gasteiger partial charge on any atom is 0.0951 e. The number of hydrogen-bond donors (Lipinski definition) is 1. The topological polar surface area (TPSA) is 23.5 Å². The molecule has 0 bridgehead atoms. The summed E-state index contributed by atoms with van der Waals surface area (Å²) in [5.41, 5.74) is 0.0467. The van der Waals surface area contributed by atoms with Crippen molar-refractivity contribution in [1.29, 1.82) is 0 Å². The number of halogens is 2. The molecule has 1 aliphatic carbocycles. The lowest BCUT2D eigenvalue weighted by molar-refractivity contribution is -0.0409. The maximum absolute atomic E-state index is 11.6. The molecule has 1 N–H and O–H groups in total. The predicted octanol–water partition coefficient (Wildman–Crippen LogP) is 4.86. The van der Waals surface area contributed by atoms with Gasteiger partial charge in [0.25, 0.3) is 0 Å². The molecule has 2 aliphatic rings. The minimum atomic E-state index is -0.819. The Morgan fingerprint density at radius 3 is 2.59 bits per heavy atom. The molecule has 2 atom stereocenters. The standard InChI is InChI=1S/C18H25Cl2NO/c19-15-7-8-16(17(20)12-15)18(22)9-3-1-2-6-14(18)13-21-10-4-5-11-21/h7-8,12,14,22H,1-6,9-11,13H2. The van der Waals surface area contributed by atoms with E-state index in [-0.39, 0.29) is 5.92 Å². The molecule has 0 radical (unpaired) electrons. The zero-order valence-electron chi connectivity index (χ0n) is 13.0. The van der Waals surface area contributed by atoms with Crippen LogP contribution in [0.5, 0.6) is 0 Å². The van der Waals surface area contributed by atoms with Crippen LogP contribution >= 0.6 is 23.2 Å². The van der Waals surface area contributed by atoms with Crippen molar-refractivity contribution >= 4 is 23.2 Å². The average molecular weight is 342 g/mol. The molecular weight excluding hydrogens is 317 g/mol. The van der Waals surface area contributed by atoms with Crippen LogP contribution in [0.2, 0.25) is 10.0 Å². The van der Waals surface area contributed by atoms with Crippen LogP contribution in [-0.4, -0.2) is 29.6 Å². The van der Waals surface area contributed by atoms with E-state index < -0.39 is 5.60 Å². The Labute approximate surface area is 143 Å². The molecule has 2 fully saturated rings. The van der Waals surface area contributed by atoms with Crippen molar-refractivity contribution in [3.8, 4) is 0 Å². The molecule has 1 aromatic carbocycles. The Morgan fingerprint density at radius 2 is 1.86 bits per heavy atom. The van der Waals surface area contributed by atoms with Crippen molar-refractivity contribution in [2.45, 2.75) is 50.5 Å². The molecule has 4 heteroatoms. The third-order valence-corrected chi connectivity index (χ3v) is 5.91. The molecule has 1 aromatic rings. The number of likely N-dealkylation sites (tertiary alicyclic amines) is 1.